The molecule has 1 atom stereocenters. The minimum absolute atomic E-state index is 0.00903. The summed E-state index contributed by atoms with van der Waals surface area (Å²) in [6, 6.07) is 6.78. The van der Waals surface area contributed by atoms with Gasteiger partial charge in [0.1, 0.15) is 5.82 Å². The molecule has 31 heavy (non-hydrogen) atoms. The van der Waals surface area contributed by atoms with Gasteiger partial charge < -0.3 is 15.5 Å². The van der Waals surface area contributed by atoms with Crippen LogP contribution in [0.5, 0.6) is 0 Å². The summed E-state index contributed by atoms with van der Waals surface area (Å²) in [5.74, 6) is -2.72. The molecule has 6 nitrogen and oxygen atoms in total. The summed E-state index contributed by atoms with van der Waals surface area (Å²) in [6.45, 7) is 0.622. The summed E-state index contributed by atoms with van der Waals surface area (Å²) in [6.07, 6.45) is 1.18. The number of carbonyl (C=O) groups excluding carboxylic acids is 2. The zero-order chi connectivity index (χ0) is 22.6. The quantitative estimate of drug-likeness (QED) is 0.655. The fourth-order valence-corrected chi connectivity index (χ4v) is 4.05. The van der Waals surface area contributed by atoms with Gasteiger partial charge in [0.25, 0.3) is 5.91 Å². The van der Waals surface area contributed by atoms with E-state index in [0.717, 1.165) is 0 Å². The second-order valence-corrected chi connectivity index (χ2v) is 8.59. The summed E-state index contributed by atoms with van der Waals surface area (Å²) in [5.41, 5.74) is 0.853. The second kappa shape index (κ2) is 9.77. The van der Waals surface area contributed by atoms with Crippen LogP contribution < -0.4 is 10.6 Å². The fourth-order valence-electron chi connectivity index (χ4n) is 3.80. The molecule has 1 fully saturated rings. The monoisotopic (exact) mass is 452 g/mol. The second-order valence-electron chi connectivity index (χ2n) is 8.18. The summed E-state index contributed by atoms with van der Waals surface area (Å²) < 4.78 is 27.2. The van der Waals surface area contributed by atoms with E-state index in [-0.39, 0.29) is 41.8 Å². The third kappa shape index (κ3) is 6.03. The van der Waals surface area contributed by atoms with E-state index in [0.29, 0.717) is 42.5 Å². The highest BCUT2D eigenvalue weighted by Gasteiger charge is 2.36. The van der Waals surface area contributed by atoms with Crippen molar-refractivity contribution in [1.29, 1.82) is 0 Å². The van der Waals surface area contributed by atoms with Gasteiger partial charge in [0.15, 0.2) is 0 Å². The number of hydrogen-bond acceptors (Lipinski definition) is 4. The number of anilines is 1. The molecule has 1 aromatic heterocycles. The van der Waals surface area contributed by atoms with Crippen LogP contribution in [0.15, 0.2) is 24.3 Å². The lowest BCUT2D eigenvalue weighted by Gasteiger charge is -2.29. The van der Waals surface area contributed by atoms with Crippen LogP contribution in [0.1, 0.15) is 42.5 Å². The van der Waals surface area contributed by atoms with Gasteiger partial charge in [-0.1, -0.05) is 11.6 Å². The van der Waals surface area contributed by atoms with Crippen molar-refractivity contribution in [3.05, 3.63) is 34.9 Å². The van der Waals surface area contributed by atoms with Gasteiger partial charge in [0, 0.05) is 51.8 Å². The maximum atomic E-state index is 13.6. The minimum Gasteiger partial charge on any atom is -0.370 e. The molecule has 1 heterocycles. The van der Waals surface area contributed by atoms with Crippen LogP contribution in [0.2, 0.25) is 5.02 Å². The lowest BCUT2D eigenvalue weighted by atomic mass is 9.86. The first-order chi connectivity index (χ1) is 14.7. The van der Waals surface area contributed by atoms with Crippen LogP contribution in [0, 0.1) is 5.92 Å². The van der Waals surface area contributed by atoms with Gasteiger partial charge in [-0.3, -0.25) is 9.59 Å². The van der Waals surface area contributed by atoms with Crippen molar-refractivity contribution < 1.29 is 18.4 Å². The molecule has 168 valence electrons. The predicted molar refractivity (Wildman–Crippen MR) is 118 cm³/mol. The van der Waals surface area contributed by atoms with E-state index < -0.39 is 11.8 Å². The molecule has 0 aliphatic heterocycles. The van der Waals surface area contributed by atoms with Gasteiger partial charge in [0.2, 0.25) is 11.8 Å². The molecule has 9 heteroatoms. The summed E-state index contributed by atoms with van der Waals surface area (Å²) in [7, 11) is 3.40. The van der Waals surface area contributed by atoms with Gasteiger partial charge in [-0.2, -0.15) is 0 Å². The number of hydrogen-bond donors (Lipinski definition) is 2. The molecule has 2 N–H and O–H groups in total. The number of carbonyl (C=O) groups is 2. The normalized spacial score (nSPS) is 17.9. The molecule has 0 spiro atoms. The predicted octanol–water partition coefficient (Wildman–Crippen LogP) is 4.33. The molecule has 0 radical (unpaired) electrons. The molecule has 2 aromatic rings. The van der Waals surface area contributed by atoms with E-state index in [4.69, 9.17) is 11.6 Å². The number of aromatic nitrogens is 1. The van der Waals surface area contributed by atoms with Gasteiger partial charge in [-0.15, -0.1) is 0 Å². The first kappa shape index (κ1) is 23.2. The Hall–Kier alpha value is -2.48. The number of rotatable bonds is 7. The Morgan fingerprint density at radius 3 is 2.74 bits per heavy atom. The van der Waals surface area contributed by atoms with Crippen molar-refractivity contribution >= 4 is 40.1 Å². The van der Waals surface area contributed by atoms with E-state index >= 15 is 0 Å². The van der Waals surface area contributed by atoms with Crippen LogP contribution >= 0.6 is 11.6 Å². The molecule has 1 saturated carbocycles. The molecule has 0 saturated heterocycles. The number of fused-ring (bicyclic) bond motifs is 1. The lowest BCUT2D eigenvalue weighted by Crippen LogP contribution is -2.35. The highest BCUT2D eigenvalue weighted by molar-refractivity contribution is 6.35. The van der Waals surface area contributed by atoms with Gasteiger partial charge >= 0.3 is 0 Å². The highest BCUT2D eigenvalue weighted by Crippen LogP contribution is 2.36. The van der Waals surface area contributed by atoms with Crippen LogP contribution in [0.3, 0.4) is 0 Å². The zero-order valence-electron chi connectivity index (χ0n) is 17.7. The maximum Gasteiger partial charge on any atom is 0.253 e. The number of benzene rings is 1. The van der Waals surface area contributed by atoms with E-state index in [1.165, 1.54) is 4.90 Å². The lowest BCUT2D eigenvalue weighted by molar-refractivity contribution is -0.128. The van der Waals surface area contributed by atoms with Crippen molar-refractivity contribution in [2.75, 3.05) is 32.5 Å². The summed E-state index contributed by atoms with van der Waals surface area (Å²) >= 11 is 6.29. The molecule has 2 amide bonds. The highest BCUT2D eigenvalue weighted by atomic mass is 35.5. The maximum absolute atomic E-state index is 13.6. The van der Waals surface area contributed by atoms with Crippen LogP contribution in [0.25, 0.3) is 10.9 Å². The van der Waals surface area contributed by atoms with Crippen molar-refractivity contribution in [2.45, 2.75) is 38.0 Å². The third-order valence-electron chi connectivity index (χ3n) is 5.48. The first-order valence-corrected chi connectivity index (χ1v) is 10.7. The number of nitrogens with one attached hydrogen (secondary N) is 2. The Morgan fingerprint density at radius 2 is 2.03 bits per heavy atom. The van der Waals surface area contributed by atoms with E-state index in [2.05, 4.69) is 15.6 Å². The summed E-state index contributed by atoms with van der Waals surface area (Å²) in [5, 5.41) is 6.72. The van der Waals surface area contributed by atoms with E-state index in [1.54, 1.807) is 38.4 Å². The minimum atomic E-state index is -2.66. The van der Waals surface area contributed by atoms with Crippen molar-refractivity contribution in [1.82, 2.24) is 15.2 Å². The van der Waals surface area contributed by atoms with Crippen LogP contribution in [-0.2, 0) is 4.79 Å². The molecule has 1 aliphatic carbocycles. The van der Waals surface area contributed by atoms with Crippen molar-refractivity contribution in [3.63, 3.8) is 0 Å². The average Bonchev–Trinajstić information content (AvgIpc) is 2.71. The number of pyridine rings is 1. The zero-order valence-corrected chi connectivity index (χ0v) is 18.4. The van der Waals surface area contributed by atoms with Crippen molar-refractivity contribution in [2.24, 2.45) is 5.92 Å². The Balaban J connectivity index is 1.69. The fraction of sp³-hybridized carbons (Fsp3) is 0.500. The van der Waals surface area contributed by atoms with E-state index in [9.17, 15) is 18.4 Å². The number of amides is 2. The summed E-state index contributed by atoms with van der Waals surface area (Å²) in [4.78, 5) is 30.5. The molecular weight excluding hydrogens is 426 g/mol. The third-order valence-corrected chi connectivity index (χ3v) is 5.80. The molecule has 1 unspecified atom stereocenters. The van der Waals surface area contributed by atoms with Crippen molar-refractivity contribution in [3.8, 4) is 0 Å². The Kier molecular flexibility index (Phi) is 7.30. The van der Waals surface area contributed by atoms with Crippen LogP contribution in [0.4, 0.5) is 14.6 Å². The van der Waals surface area contributed by atoms with Gasteiger partial charge in [-0.25, -0.2) is 13.8 Å². The molecule has 3 rings (SSSR count). The number of nitrogens with zero attached hydrogens (tertiary/aromatic N) is 2. The molecule has 1 aliphatic rings. The smallest absolute Gasteiger partial charge is 0.253 e. The van der Waals surface area contributed by atoms with Crippen LogP contribution in [-0.4, -0.2) is 54.8 Å². The number of halogens is 3. The standard InChI is InChI=1S/C22H27ClF2N4O2/c1-29(2)19(30)9-11-26-18-8-5-15-17(28-18)7-6-16(23)20(15)21(31)27-13-14-4-3-10-22(24,25)12-14/h5-8,14H,3-4,9-13H2,1-2H3,(H,26,28)(H,27,31). The first-order valence-electron chi connectivity index (χ1n) is 10.4. The Bertz CT molecular complexity index is 968. The SMILES string of the molecule is CN(C)C(=O)CCNc1ccc2c(C(=O)NCC3CCCC(F)(F)C3)c(Cl)ccc2n1. The Labute approximate surface area is 185 Å². The average molecular weight is 453 g/mol. The van der Waals surface area contributed by atoms with Gasteiger partial charge in [0.05, 0.1) is 16.1 Å². The van der Waals surface area contributed by atoms with Gasteiger partial charge in [-0.05, 0) is 43.0 Å². The topological polar surface area (TPSA) is 74.3 Å². The Morgan fingerprint density at radius 1 is 1.26 bits per heavy atom. The number of alkyl halides is 2. The largest absolute Gasteiger partial charge is 0.370 e. The molecule has 1 aromatic carbocycles. The van der Waals surface area contributed by atoms with E-state index in [1.807, 2.05) is 0 Å². The molecule has 0 bridgehead atoms. The molecular formula is C22H27ClF2N4O2.